The van der Waals surface area contributed by atoms with Gasteiger partial charge in [-0.1, -0.05) is 180 Å². The van der Waals surface area contributed by atoms with Gasteiger partial charge in [0.25, 0.3) is 0 Å². The first-order valence-electron chi connectivity index (χ1n) is 15.2. The molecular weight excluding hydrogens is 439 g/mol. The molecule has 0 unspecified atom stereocenters. The third-order valence-corrected chi connectivity index (χ3v) is 9.22. The van der Waals surface area contributed by atoms with Crippen LogP contribution in [0.1, 0.15) is 180 Å². The lowest BCUT2D eigenvalue weighted by Crippen LogP contribution is -2.08. The lowest BCUT2D eigenvalue weighted by molar-refractivity contribution is 0.308. The molecule has 0 aromatic carbocycles. The molecule has 1 heteroatoms. The van der Waals surface area contributed by atoms with E-state index in [2.05, 4.69) is 55.4 Å². The Hall–Kier alpha value is -0.0700. The predicted molar refractivity (Wildman–Crippen MR) is 170 cm³/mol. The van der Waals surface area contributed by atoms with Crippen molar-refractivity contribution in [3.63, 3.8) is 0 Å². The van der Waals surface area contributed by atoms with E-state index in [0.717, 1.165) is 47.3 Å². The van der Waals surface area contributed by atoms with Crippen molar-refractivity contribution in [3.05, 3.63) is 0 Å². The molecule has 4 rings (SSSR count). The lowest BCUT2D eigenvalue weighted by atomic mass is 9.84. The van der Waals surface area contributed by atoms with Crippen LogP contribution >= 0.6 is 0 Å². The maximum absolute atomic E-state index is 2.37. The molecule has 4 aliphatic carbocycles. The first kappa shape index (κ1) is 43.0. The highest BCUT2D eigenvalue weighted by atomic mass is 19.0. The summed E-state index contributed by atoms with van der Waals surface area (Å²) in [4.78, 5) is 0. The molecule has 0 heterocycles. The maximum Gasteiger partial charge on any atom is -0.0443 e. The molecule has 0 radical (unpaired) electrons. The van der Waals surface area contributed by atoms with Crippen LogP contribution in [-0.4, -0.2) is 0 Å². The number of hydrogen-bond acceptors (Lipinski definition) is 0. The Kier molecular flexibility index (Phi) is 30.1. The van der Waals surface area contributed by atoms with Crippen LogP contribution in [-0.2, 0) is 0 Å². The fourth-order valence-corrected chi connectivity index (χ4v) is 5.71. The van der Waals surface area contributed by atoms with Crippen molar-refractivity contribution in [3.8, 4) is 0 Å². The second-order valence-electron chi connectivity index (χ2n) is 13.5. The maximum atomic E-state index is 2.37. The largest absolute Gasteiger partial charge is 0.269 e. The summed E-state index contributed by atoms with van der Waals surface area (Å²) >= 11 is 0. The molecule has 0 bridgehead atoms. The molecule has 0 saturated heterocycles. The van der Waals surface area contributed by atoms with Crippen LogP contribution in [0.3, 0.4) is 0 Å². The van der Waals surface area contributed by atoms with Gasteiger partial charge in [0, 0.05) is 0 Å². The number of hydrogen-bond donors (Lipinski definition) is 0. The summed E-state index contributed by atoms with van der Waals surface area (Å²) in [6.07, 6.45) is 23.6. The molecule has 0 aromatic heterocycles. The van der Waals surface area contributed by atoms with Crippen molar-refractivity contribution in [2.45, 2.75) is 180 Å². The van der Waals surface area contributed by atoms with Crippen LogP contribution in [0.4, 0.5) is 4.70 Å². The van der Waals surface area contributed by atoms with Gasteiger partial charge < -0.3 is 0 Å². The molecule has 0 nitrogen and oxygen atoms in total. The molecule has 0 aromatic rings. The monoisotopic (exact) mass is 517 g/mol. The summed E-state index contributed by atoms with van der Waals surface area (Å²) in [5, 5.41) is 0. The lowest BCUT2D eigenvalue weighted by Gasteiger charge is -2.22. The van der Waals surface area contributed by atoms with Crippen molar-refractivity contribution >= 4 is 0 Å². The quantitative estimate of drug-likeness (QED) is 0.300. The molecule has 4 saturated carbocycles. The molecule has 0 spiro atoms. The Balaban J connectivity index is -0.000000183. The molecule has 224 valence electrons. The molecule has 4 aliphatic rings. The van der Waals surface area contributed by atoms with Crippen LogP contribution in [0.5, 0.6) is 0 Å². The summed E-state index contributed by atoms with van der Waals surface area (Å²) in [5.74, 6) is 8.16. The highest BCUT2D eigenvalue weighted by Gasteiger charge is 2.15. The smallest absolute Gasteiger partial charge is 0.0443 e. The minimum Gasteiger partial charge on any atom is -0.269 e. The van der Waals surface area contributed by atoms with Crippen molar-refractivity contribution < 1.29 is 4.70 Å². The van der Waals surface area contributed by atoms with Crippen LogP contribution in [0, 0.1) is 47.3 Å². The molecule has 4 fully saturated rings. The van der Waals surface area contributed by atoms with E-state index < -0.39 is 0 Å². The predicted octanol–water partition coefficient (Wildman–Crippen LogP) is 13.4. The molecule has 0 aliphatic heterocycles. The van der Waals surface area contributed by atoms with Gasteiger partial charge >= 0.3 is 0 Å². The first-order chi connectivity index (χ1) is 15.2. The zero-order valence-electron chi connectivity index (χ0n) is 24.3. The van der Waals surface area contributed by atoms with Gasteiger partial charge in [-0.3, -0.25) is 4.70 Å². The van der Waals surface area contributed by atoms with Crippen molar-refractivity contribution in [2.75, 3.05) is 0 Å². The second-order valence-corrected chi connectivity index (χ2v) is 13.5. The first-order valence-corrected chi connectivity index (χ1v) is 15.2. The van der Waals surface area contributed by atoms with E-state index >= 15 is 0 Å². The number of rotatable bonds is 0. The van der Waals surface area contributed by atoms with Crippen LogP contribution in [0.2, 0.25) is 0 Å². The highest BCUT2D eigenvalue weighted by Crippen LogP contribution is 2.29. The Morgan fingerprint density at radius 3 is 0.333 bits per heavy atom. The highest BCUT2D eigenvalue weighted by molar-refractivity contribution is 4.67. The Morgan fingerprint density at radius 2 is 0.278 bits per heavy atom. The fraction of sp³-hybridized carbons (Fsp3) is 1.00. The van der Waals surface area contributed by atoms with E-state index in [-0.39, 0.29) is 27.0 Å². The van der Waals surface area contributed by atoms with Gasteiger partial charge in [0.05, 0.1) is 0 Å². The molecule has 36 heavy (non-hydrogen) atoms. The van der Waals surface area contributed by atoms with E-state index in [4.69, 9.17) is 0 Å². The van der Waals surface area contributed by atoms with Crippen molar-refractivity contribution in [1.29, 1.82) is 0 Å². The summed E-state index contributed by atoms with van der Waals surface area (Å²) in [5.41, 5.74) is 0. The third kappa shape index (κ3) is 23.1. The van der Waals surface area contributed by atoms with Crippen LogP contribution in [0.25, 0.3) is 0 Å². The summed E-state index contributed by atoms with van der Waals surface area (Å²) in [6.45, 7) is 18.9. The fourth-order valence-electron chi connectivity index (χ4n) is 5.71. The SMILES string of the molecule is C.C.C.CC1CCC(C)CC1.CC1CCC(C)CC1.CC1CCC(C)CC1.CC1CCC(C)CC1.F. The van der Waals surface area contributed by atoms with E-state index in [0.29, 0.717) is 0 Å². The van der Waals surface area contributed by atoms with E-state index in [1.165, 1.54) is 103 Å². The third-order valence-electron chi connectivity index (χ3n) is 9.22. The summed E-state index contributed by atoms with van der Waals surface area (Å²) in [7, 11) is 0. The van der Waals surface area contributed by atoms with Gasteiger partial charge in [-0.05, 0) is 47.3 Å². The average Bonchev–Trinajstić information content (AvgIpc) is 2.78. The zero-order valence-corrected chi connectivity index (χ0v) is 24.3. The molecule has 0 N–H and O–H groups in total. The van der Waals surface area contributed by atoms with Gasteiger partial charge in [0.15, 0.2) is 0 Å². The van der Waals surface area contributed by atoms with Gasteiger partial charge in [0.2, 0.25) is 0 Å². The molecular formula is C35H77F. The standard InChI is InChI=1S/4C8H16.3CH4.FH/c4*1-7-3-5-8(2)6-4-7;;;;/h4*7-8H,3-6H2,1-2H3;3*1H4;1H. The summed E-state index contributed by atoms with van der Waals surface area (Å²) < 4.78 is 0. The van der Waals surface area contributed by atoms with E-state index in [1.807, 2.05) is 0 Å². The average molecular weight is 517 g/mol. The minimum absolute atomic E-state index is 0. The normalized spacial score (nSPS) is 35.3. The second kappa shape index (κ2) is 25.2. The van der Waals surface area contributed by atoms with Crippen molar-refractivity contribution in [1.82, 2.24) is 0 Å². The van der Waals surface area contributed by atoms with E-state index in [9.17, 15) is 0 Å². The molecule has 0 atom stereocenters. The Labute approximate surface area is 232 Å². The topological polar surface area (TPSA) is 0 Å². The Morgan fingerprint density at radius 1 is 0.222 bits per heavy atom. The van der Waals surface area contributed by atoms with Gasteiger partial charge in [-0.25, -0.2) is 0 Å². The summed E-state index contributed by atoms with van der Waals surface area (Å²) in [6, 6.07) is 0. The van der Waals surface area contributed by atoms with Crippen LogP contribution < -0.4 is 0 Å². The number of halogens is 1. The zero-order chi connectivity index (χ0) is 23.9. The van der Waals surface area contributed by atoms with Gasteiger partial charge in [-0.2, -0.15) is 0 Å². The van der Waals surface area contributed by atoms with Gasteiger partial charge in [0.1, 0.15) is 0 Å². The Bertz CT molecular complexity index is 280. The minimum atomic E-state index is 0. The molecule has 0 amide bonds. The van der Waals surface area contributed by atoms with E-state index in [1.54, 1.807) is 0 Å². The van der Waals surface area contributed by atoms with Crippen LogP contribution in [0.15, 0.2) is 0 Å². The van der Waals surface area contributed by atoms with Gasteiger partial charge in [-0.15, -0.1) is 0 Å². The van der Waals surface area contributed by atoms with Crippen molar-refractivity contribution in [2.24, 2.45) is 47.3 Å².